The summed E-state index contributed by atoms with van der Waals surface area (Å²) in [6.07, 6.45) is 0. The molecule has 0 N–H and O–H groups in total. The molecule has 0 aliphatic carbocycles. The maximum Gasteiger partial charge on any atom is 0.264 e. The van der Waals surface area contributed by atoms with Gasteiger partial charge < -0.3 is 4.74 Å². The van der Waals surface area contributed by atoms with E-state index in [0.29, 0.717) is 21.9 Å². The molecule has 0 spiro atoms. The molecule has 2 aromatic carbocycles. The summed E-state index contributed by atoms with van der Waals surface area (Å²) in [5.74, 6) is -0.101. The van der Waals surface area contributed by atoms with Crippen LogP contribution in [0, 0.1) is 6.92 Å². The first-order valence-electron chi connectivity index (χ1n) is 6.42. The molecule has 0 unspecified atom stereocenters. The van der Waals surface area contributed by atoms with Crippen LogP contribution in [-0.4, -0.2) is 23.4 Å². The van der Waals surface area contributed by atoms with Crippen LogP contribution in [0.1, 0.15) is 26.3 Å². The predicted octanol–water partition coefficient (Wildman–Crippen LogP) is 3.28. The molecule has 21 heavy (non-hydrogen) atoms. The van der Waals surface area contributed by atoms with Crippen molar-refractivity contribution in [1.29, 1.82) is 0 Å². The van der Waals surface area contributed by atoms with Crippen LogP contribution in [0.15, 0.2) is 42.5 Å². The van der Waals surface area contributed by atoms with Gasteiger partial charge in [0.05, 0.1) is 11.1 Å². The molecule has 2 amide bonds. The Bertz CT molecular complexity index is 707. The lowest BCUT2D eigenvalue weighted by Crippen LogP contribution is -2.33. The maximum atomic E-state index is 12.2. The number of halogens is 1. The fourth-order valence-corrected chi connectivity index (χ4v) is 2.32. The summed E-state index contributed by atoms with van der Waals surface area (Å²) in [5, 5.41) is 0.642. The third-order valence-electron chi connectivity index (χ3n) is 3.37. The number of carbonyl (C=O) groups excluding carboxylic acids is 2. The van der Waals surface area contributed by atoms with Gasteiger partial charge in [0.2, 0.25) is 0 Å². The summed E-state index contributed by atoms with van der Waals surface area (Å²) in [6, 6.07) is 11.9. The molecule has 0 saturated carbocycles. The van der Waals surface area contributed by atoms with Crippen molar-refractivity contribution in [1.82, 2.24) is 4.90 Å². The standard InChI is InChI=1S/C16H12ClNO3/c1-10-8-11(6-7-14(10)17)21-9-18-15(19)12-4-2-3-5-13(12)16(18)20/h2-8H,9H2,1H3. The molecule has 2 aromatic rings. The van der Waals surface area contributed by atoms with Crippen LogP contribution >= 0.6 is 11.6 Å². The van der Waals surface area contributed by atoms with E-state index in [9.17, 15) is 9.59 Å². The number of hydrogen-bond acceptors (Lipinski definition) is 3. The smallest absolute Gasteiger partial charge is 0.264 e. The number of ether oxygens (including phenoxy) is 1. The zero-order valence-corrected chi connectivity index (χ0v) is 12.1. The summed E-state index contributed by atoms with van der Waals surface area (Å²) in [7, 11) is 0. The summed E-state index contributed by atoms with van der Waals surface area (Å²) < 4.78 is 5.52. The number of rotatable bonds is 3. The summed E-state index contributed by atoms with van der Waals surface area (Å²) in [5.41, 5.74) is 1.70. The van der Waals surface area contributed by atoms with E-state index >= 15 is 0 Å². The Morgan fingerprint density at radius 3 is 2.24 bits per heavy atom. The minimum absolute atomic E-state index is 0.118. The van der Waals surface area contributed by atoms with Crippen LogP contribution in [-0.2, 0) is 0 Å². The number of imide groups is 1. The first-order valence-corrected chi connectivity index (χ1v) is 6.80. The molecule has 4 nitrogen and oxygen atoms in total. The van der Waals surface area contributed by atoms with E-state index in [4.69, 9.17) is 16.3 Å². The van der Waals surface area contributed by atoms with Gasteiger partial charge >= 0.3 is 0 Å². The number of benzene rings is 2. The second kappa shape index (κ2) is 5.22. The fourth-order valence-electron chi connectivity index (χ4n) is 2.20. The van der Waals surface area contributed by atoms with E-state index in [0.717, 1.165) is 10.5 Å². The van der Waals surface area contributed by atoms with Gasteiger partial charge in [0.25, 0.3) is 11.8 Å². The van der Waals surface area contributed by atoms with Crippen LogP contribution in [0.25, 0.3) is 0 Å². The molecule has 0 aromatic heterocycles. The van der Waals surface area contributed by atoms with E-state index < -0.39 is 0 Å². The second-order valence-corrected chi connectivity index (χ2v) is 5.18. The van der Waals surface area contributed by atoms with Crippen molar-refractivity contribution >= 4 is 23.4 Å². The van der Waals surface area contributed by atoms with Crippen LogP contribution in [0.4, 0.5) is 0 Å². The number of carbonyl (C=O) groups is 2. The Hall–Kier alpha value is -2.33. The van der Waals surface area contributed by atoms with Crippen molar-refractivity contribution in [2.45, 2.75) is 6.92 Å². The third kappa shape index (κ3) is 2.38. The van der Waals surface area contributed by atoms with Crippen LogP contribution in [0.5, 0.6) is 5.75 Å². The van der Waals surface area contributed by atoms with E-state index in [1.807, 2.05) is 6.92 Å². The van der Waals surface area contributed by atoms with Gasteiger partial charge in [-0.1, -0.05) is 23.7 Å². The fraction of sp³-hybridized carbons (Fsp3) is 0.125. The highest BCUT2D eigenvalue weighted by Crippen LogP contribution is 2.24. The molecule has 1 heterocycles. The van der Waals surface area contributed by atoms with Crippen molar-refractivity contribution in [3.63, 3.8) is 0 Å². The molecule has 1 aliphatic heterocycles. The summed E-state index contributed by atoms with van der Waals surface area (Å²) >= 11 is 5.94. The Morgan fingerprint density at radius 1 is 1.05 bits per heavy atom. The molecular formula is C16H12ClNO3. The van der Waals surface area contributed by atoms with Crippen molar-refractivity contribution in [3.05, 3.63) is 64.2 Å². The van der Waals surface area contributed by atoms with Gasteiger partial charge in [-0.15, -0.1) is 0 Å². The van der Waals surface area contributed by atoms with Gasteiger partial charge in [-0.2, -0.15) is 0 Å². The van der Waals surface area contributed by atoms with Gasteiger partial charge in [0.1, 0.15) is 5.75 Å². The largest absolute Gasteiger partial charge is 0.473 e. The highest BCUT2D eigenvalue weighted by molar-refractivity contribution is 6.31. The van der Waals surface area contributed by atoms with Gasteiger partial charge in [0.15, 0.2) is 6.73 Å². The normalized spacial score (nSPS) is 13.5. The maximum absolute atomic E-state index is 12.2. The summed E-state index contributed by atoms with van der Waals surface area (Å²) in [6.45, 7) is 1.74. The van der Waals surface area contributed by atoms with Crippen LogP contribution in [0.2, 0.25) is 5.02 Å². The third-order valence-corrected chi connectivity index (χ3v) is 3.79. The quantitative estimate of drug-likeness (QED) is 0.817. The van der Waals surface area contributed by atoms with Gasteiger partial charge in [-0.05, 0) is 42.8 Å². The Labute approximate surface area is 126 Å². The van der Waals surface area contributed by atoms with E-state index in [2.05, 4.69) is 0 Å². The second-order valence-electron chi connectivity index (χ2n) is 4.77. The van der Waals surface area contributed by atoms with Crippen molar-refractivity contribution in [2.24, 2.45) is 0 Å². The lowest BCUT2D eigenvalue weighted by Gasteiger charge is -2.15. The first-order chi connectivity index (χ1) is 10.1. The van der Waals surface area contributed by atoms with Gasteiger partial charge in [-0.3, -0.25) is 9.59 Å². The molecule has 0 fully saturated rings. The number of nitrogens with zero attached hydrogens (tertiary/aromatic N) is 1. The molecule has 1 aliphatic rings. The van der Waals surface area contributed by atoms with E-state index in [-0.39, 0.29) is 18.5 Å². The molecule has 106 valence electrons. The molecular weight excluding hydrogens is 290 g/mol. The molecule has 0 bridgehead atoms. The summed E-state index contributed by atoms with van der Waals surface area (Å²) in [4.78, 5) is 25.4. The predicted molar refractivity (Wildman–Crippen MR) is 78.6 cm³/mol. The number of hydrogen-bond donors (Lipinski definition) is 0. The molecule has 0 radical (unpaired) electrons. The van der Waals surface area contributed by atoms with Gasteiger partial charge in [-0.25, -0.2) is 4.90 Å². The highest BCUT2D eigenvalue weighted by Gasteiger charge is 2.35. The lowest BCUT2D eigenvalue weighted by molar-refractivity contribution is 0.0522. The van der Waals surface area contributed by atoms with Crippen molar-refractivity contribution in [3.8, 4) is 5.75 Å². The Balaban J connectivity index is 1.76. The van der Waals surface area contributed by atoms with Crippen LogP contribution in [0.3, 0.4) is 0 Å². The average molecular weight is 302 g/mol. The minimum atomic E-state index is -0.332. The lowest BCUT2D eigenvalue weighted by atomic mass is 10.1. The SMILES string of the molecule is Cc1cc(OCN2C(=O)c3ccccc3C2=O)ccc1Cl. The zero-order valence-electron chi connectivity index (χ0n) is 11.3. The first kappa shape index (κ1) is 13.6. The number of amides is 2. The zero-order chi connectivity index (χ0) is 15.0. The Kier molecular flexibility index (Phi) is 3.39. The molecule has 0 saturated heterocycles. The topological polar surface area (TPSA) is 46.6 Å². The monoisotopic (exact) mass is 301 g/mol. The van der Waals surface area contributed by atoms with Crippen LogP contribution < -0.4 is 4.74 Å². The highest BCUT2D eigenvalue weighted by atomic mass is 35.5. The van der Waals surface area contributed by atoms with E-state index in [1.165, 1.54) is 0 Å². The average Bonchev–Trinajstić information content (AvgIpc) is 2.73. The van der Waals surface area contributed by atoms with Gasteiger partial charge in [0, 0.05) is 5.02 Å². The molecule has 0 atom stereocenters. The number of fused-ring (bicyclic) bond motifs is 1. The molecule has 3 rings (SSSR count). The Morgan fingerprint density at radius 2 is 1.67 bits per heavy atom. The van der Waals surface area contributed by atoms with Crippen molar-refractivity contribution in [2.75, 3.05) is 6.73 Å². The van der Waals surface area contributed by atoms with E-state index in [1.54, 1.807) is 42.5 Å². The minimum Gasteiger partial charge on any atom is -0.473 e. The van der Waals surface area contributed by atoms with Crippen molar-refractivity contribution < 1.29 is 14.3 Å². The molecule has 5 heteroatoms. The number of aryl methyl sites for hydroxylation is 1.